The van der Waals surface area contributed by atoms with E-state index in [1.807, 2.05) is 0 Å². The van der Waals surface area contributed by atoms with E-state index in [9.17, 15) is 0 Å². The van der Waals surface area contributed by atoms with Crippen LogP contribution in [0.2, 0.25) is 0 Å². The van der Waals surface area contributed by atoms with Gasteiger partial charge >= 0.3 is 0 Å². The molecule has 0 N–H and O–H groups in total. The molecule has 0 aromatic rings. The van der Waals surface area contributed by atoms with Gasteiger partial charge in [0.25, 0.3) is 0 Å². The average molecular weight is 441 g/mol. The summed E-state index contributed by atoms with van der Waals surface area (Å²) in [5.41, 5.74) is 2.01. The van der Waals surface area contributed by atoms with Gasteiger partial charge in [0, 0.05) is 0 Å². The van der Waals surface area contributed by atoms with Crippen LogP contribution in [0.1, 0.15) is 108 Å². The van der Waals surface area contributed by atoms with Gasteiger partial charge in [-0.3, -0.25) is 0 Å². The lowest BCUT2D eigenvalue weighted by atomic mass is 9.63. The normalized spacial score (nSPS) is 51.1. The molecule has 0 aliphatic heterocycles. The Bertz CT molecular complexity index is 724. The van der Waals surface area contributed by atoms with Gasteiger partial charge in [-0.15, -0.1) is 0 Å². The third-order valence-electron chi connectivity index (χ3n) is 14.0. The Kier molecular flexibility index (Phi) is 5.38. The quantitative estimate of drug-likeness (QED) is 0.317. The van der Waals surface area contributed by atoms with Gasteiger partial charge in [0.1, 0.15) is 0 Å². The van der Waals surface area contributed by atoms with Crippen molar-refractivity contribution in [1.29, 1.82) is 0 Å². The van der Waals surface area contributed by atoms with E-state index in [1.165, 1.54) is 12.8 Å². The predicted molar refractivity (Wildman–Crippen MR) is 138 cm³/mol. The molecule has 5 fully saturated rings. The molecule has 13 atom stereocenters. The van der Waals surface area contributed by atoms with E-state index in [2.05, 4.69) is 76.2 Å². The van der Waals surface area contributed by atoms with Crippen LogP contribution >= 0.6 is 0 Å². The van der Waals surface area contributed by atoms with Gasteiger partial charge in [-0.05, 0) is 112 Å². The summed E-state index contributed by atoms with van der Waals surface area (Å²) in [4.78, 5) is 0. The van der Waals surface area contributed by atoms with Crippen molar-refractivity contribution >= 4 is 0 Å². The van der Waals surface area contributed by atoms with Gasteiger partial charge in [-0.25, -0.2) is 0 Å². The van der Waals surface area contributed by atoms with Gasteiger partial charge in [-0.2, -0.15) is 0 Å². The highest BCUT2D eigenvalue weighted by Crippen LogP contribution is 2.88. The molecule has 32 heavy (non-hydrogen) atoms. The van der Waals surface area contributed by atoms with Crippen LogP contribution in [0.4, 0.5) is 0 Å². The molecule has 5 aliphatic rings. The lowest BCUT2D eigenvalue weighted by Crippen LogP contribution is -2.36. The zero-order chi connectivity index (χ0) is 23.5. The highest BCUT2D eigenvalue weighted by Gasteiger charge is 2.83. The van der Waals surface area contributed by atoms with Crippen molar-refractivity contribution in [3.8, 4) is 0 Å². The third kappa shape index (κ3) is 2.68. The van der Waals surface area contributed by atoms with E-state index in [4.69, 9.17) is 0 Å². The van der Waals surface area contributed by atoms with Crippen molar-refractivity contribution in [3.63, 3.8) is 0 Å². The van der Waals surface area contributed by atoms with Crippen molar-refractivity contribution in [3.05, 3.63) is 0 Å². The second-order valence-corrected chi connectivity index (χ2v) is 15.2. The Balaban J connectivity index is 1.31. The molecule has 5 aliphatic carbocycles. The molecule has 0 heteroatoms. The summed E-state index contributed by atoms with van der Waals surface area (Å²) < 4.78 is 0. The van der Waals surface area contributed by atoms with Crippen LogP contribution < -0.4 is 0 Å². The molecule has 0 aromatic carbocycles. The Morgan fingerprint density at radius 3 is 1.84 bits per heavy atom. The first-order valence-electron chi connectivity index (χ1n) is 14.9. The summed E-state index contributed by atoms with van der Waals surface area (Å²) in [6, 6.07) is 0. The zero-order valence-electron chi connectivity index (χ0n) is 23.5. The van der Waals surface area contributed by atoms with Crippen LogP contribution in [0.3, 0.4) is 0 Å². The van der Waals surface area contributed by atoms with Crippen LogP contribution in [-0.2, 0) is 0 Å². The van der Waals surface area contributed by atoms with Crippen molar-refractivity contribution in [2.45, 2.75) is 108 Å². The number of hydrogen-bond acceptors (Lipinski definition) is 0. The van der Waals surface area contributed by atoms with Gasteiger partial charge in [0.05, 0.1) is 0 Å². The molecule has 0 aromatic heterocycles. The smallest absolute Gasteiger partial charge is 0.0183 e. The summed E-state index contributed by atoms with van der Waals surface area (Å²) in [5.74, 6) is 12.8. The Labute approximate surface area is 201 Å². The fraction of sp³-hybridized carbons (Fsp3) is 1.00. The summed E-state index contributed by atoms with van der Waals surface area (Å²) in [6.45, 7) is 28.4. The van der Waals surface area contributed by atoms with Crippen molar-refractivity contribution in [1.82, 2.24) is 0 Å². The molecule has 0 amide bonds. The molecule has 0 heterocycles. The van der Waals surface area contributed by atoms with E-state index < -0.39 is 0 Å². The maximum Gasteiger partial charge on any atom is -0.0183 e. The summed E-state index contributed by atoms with van der Waals surface area (Å²) in [6.07, 6.45) is 7.42. The Morgan fingerprint density at radius 2 is 1.34 bits per heavy atom. The van der Waals surface area contributed by atoms with E-state index in [0.717, 1.165) is 76.9 Å². The molecule has 0 saturated heterocycles. The second-order valence-electron chi connectivity index (χ2n) is 15.2. The minimum atomic E-state index is 0.665. The summed E-state index contributed by atoms with van der Waals surface area (Å²) >= 11 is 0. The van der Waals surface area contributed by atoms with Gasteiger partial charge < -0.3 is 0 Å². The fourth-order valence-corrected chi connectivity index (χ4v) is 12.1. The molecule has 0 spiro atoms. The van der Waals surface area contributed by atoms with Gasteiger partial charge in [0.2, 0.25) is 0 Å². The van der Waals surface area contributed by atoms with Crippen molar-refractivity contribution in [2.24, 2.45) is 93.2 Å². The monoisotopic (exact) mass is 440 g/mol. The van der Waals surface area contributed by atoms with Gasteiger partial charge in [0.15, 0.2) is 0 Å². The maximum atomic E-state index is 2.75. The molecule has 0 nitrogen and oxygen atoms in total. The van der Waals surface area contributed by atoms with Crippen LogP contribution in [-0.4, -0.2) is 0 Å². The fourth-order valence-electron chi connectivity index (χ4n) is 12.1. The Morgan fingerprint density at radius 1 is 0.750 bits per heavy atom. The molecule has 5 rings (SSSR count). The maximum absolute atomic E-state index is 2.75. The lowest BCUT2D eigenvalue weighted by Gasteiger charge is -2.41. The third-order valence-corrected chi connectivity index (χ3v) is 14.0. The highest BCUT2D eigenvalue weighted by molar-refractivity contribution is 5.30. The minimum absolute atomic E-state index is 0.665. The molecule has 13 unspecified atom stereocenters. The SMILES string of the molecule is CCC(C)C1CC2C1C2(C)C(C(C)CC)C(C)C1CC1C1(C)CC2C1C2(C(C)C)C(C)C. The van der Waals surface area contributed by atoms with Gasteiger partial charge in [-0.1, -0.05) is 89.0 Å². The molecule has 0 bridgehead atoms. The number of hydrogen-bond donors (Lipinski definition) is 0. The number of rotatable bonds is 10. The molecular weight excluding hydrogens is 384 g/mol. The number of fused-ring (bicyclic) bond motifs is 2. The van der Waals surface area contributed by atoms with E-state index in [-0.39, 0.29) is 0 Å². The second kappa shape index (κ2) is 7.26. The summed E-state index contributed by atoms with van der Waals surface area (Å²) in [5, 5.41) is 0. The van der Waals surface area contributed by atoms with E-state index in [0.29, 0.717) is 16.2 Å². The zero-order valence-corrected chi connectivity index (χ0v) is 23.5. The largest absolute Gasteiger partial charge is 0.0651 e. The van der Waals surface area contributed by atoms with Crippen molar-refractivity contribution in [2.75, 3.05) is 0 Å². The molecule has 0 radical (unpaired) electrons. The van der Waals surface area contributed by atoms with E-state index >= 15 is 0 Å². The van der Waals surface area contributed by atoms with E-state index in [1.54, 1.807) is 19.3 Å². The van der Waals surface area contributed by atoms with Crippen LogP contribution in [0, 0.1) is 93.2 Å². The predicted octanol–water partition coefficient (Wildman–Crippen LogP) is 9.19. The first-order chi connectivity index (χ1) is 14.9. The Hall–Kier alpha value is 0. The first-order valence-corrected chi connectivity index (χ1v) is 14.9. The van der Waals surface area contributed by atoms with Crippen LogP contribution in [0.15, 0.2) is 0 Å². The lowest BCUT2D eigenvalue weighted by molar-refractivity contribution is 0.0637. The molecular formula is C32H56. The highest BCUT2D eigenvalue weighted by atomic mass is 14.9. The van der Waals surface area contributed by atoms with Crippen molar-refractivity contribution < 1.29 is 0 Å². The summed E-state index contributed by atoms with van der Waals surface area (Å²) in [7, 11) is 0. The van der Waals surface area contributed by atoms with Crippen LogP contribution in [0.25, 0.3) is 0 Å². The standard InChI is InChI=1S/C32H56/c1-12-19(7)22-14-25-28(22)31(25,11)27(20(8)13-2)21(9)23-15-24(23)30(10)16-26-29(30)32(26,17(3)4)18(5)6/h17-29H,12-16H2,1-11H3. The van der Waals surface area contributed by atoms with Crippen LogP contribution in [0.5, 0.6) is 0 Å². The first kappa shape index (κ1) is 23.7. The minimum Gasteiger partial charge on any atom is -0.0651 e. The topological polar surface area (TPSA) is 0 Å². The molecule has 184 valence electrons. The average Bonchev–Trinajstić information content (AvgIpc) is 3.61. The molecule has 5 saturated carbocycles.